The third-order valence-electron chi connectivity index (χ3n) is 5.72. The van der Waals surface area contributed by atoms with Gasteiger partial charge < -0.3 is 20.1 Å². The largest absolute Gasteiger partial charge is 0.358 e. The van der Waals surface area contributed by atoms with E-state index >= 15 is 0 Å². The van der Waals surface area contributed by atoms with Crippen LogP contribution in [0, 0.1) is 12.8 Å². The second kappa shape index (κ2) is 6.67. The molecule has 2 aromatic rings. The van der Waals surface area contributed by atoms with E-state index in [4.69, 9.17) is 0 Å². The van der Waals surface area contributed by atoms with E-state index in [0.717, 1.165) is 26.1 Å². The number of nitrogens with zero attached hydrogens (tertiary/aromatic N) is 2. The Hall–Kier alpha value is -2.50. The van der Waals surface area contributed by atoms with Gasteiger partial charge in [-0.3, -0.25) is 4.79 Å². The van der Waals surface area contributed by atoms with Crippen LogP contribution >= 0.6 is 0 Å². The van der Waals surface area contributed by atoms with E-state index in [1.807, 2.05) is 16.7 Å². The van der Waals surface area contributed by atoms with Gasteiger partial charge in [0, 0.05) is 73.6 Å². The molecule has 3 amide bonds. The van der Waals surface area contributed by atoms with Crippen LogP contribution in [-0.4, -0.2) is 52.9 Å². The molecule has 6 nitrogen and oxygen atoms in total. The van der Waals surface area contributed by atoms with Crippen molar-refractivity contribution in [1.82, 2.24) is 20.1 Å². The van der Waals surface area contributed by atoms with E-state index in [-0.39, 0.29) is 17.9 Å². The average molecular weight is 354 g/mol. The number of H-pyrrole nitrogens is 1. The van der Waals surface area contributed by atoms with Crippen molar-refractivity contribution < 1.29 is 9.59 Å². The number of rotatable bonds is 3. The molecule has 3 heterocycles. The number of benzene rings is 1. The molecule has 1 fully saturated rings. The molecular weight excluding hydrogens is 328 g/mol. The lowest BCUT2D eigenvalue weighted by molar-refractivity contribution is -0.127. The summed E-state index contributed by atoms with van der Waals surface area (Å²) in [6.45, 7) is 7.52. The monoisotopic (exact) mass is 354 g/mol. The standard InChI is InChI=1S/C20H26N4O2/c1-3-23-11-14(9-18(23)25)10-21-20(26)24-8-7-17-16(12-24)15-6-4-5-13(2)19(15)22-17/h4-6,14,22H,3,7-12H2,1-2H3,(H,21,26). The Balaban J connectivity index is 1.41. The van der Waals surface area contributed by atoms with E-state index in [9.17, 15) is 9.59 Å². The Morgan fingerprint density at radius 3 is 3.00 bits per heavy atom. The number of carbonyl (C=O) groups excluding carboxylic acids is 2. The third kappa shape index (κ3) is 2.93. The highest BCUT2D eigenvalue weighted by Gasteiger charge is 2.30. The van der Waals surface area contributed by atoms with E-state index in [0.29, 0.717) is 19.5 Å². The zero-order valence-corrected chi connectivity index (χ0v) is 15.5. The maximum atomic E-state index is 12.6. The van der Waals surface area contributed by atoms with Crippen molar-refractivity contribution >= 4 is 22.8 Å². The summed E-state index contributed by atoms with van der Waals surface area (Å²) in [5.41, 5.74) is 4.90. The fraction of sp³-hybridized carbons (Fsp3) is 0.500. The SMILES string of the molecule is CCN1CC(CNC(=O)N2CCc3[nH]c4c(C)cccc4c3C2)CC1=O. The maximum Gasteiger partial charge on any atom is 0.317 e. The maximum absolute atomic E-state index is 12.6. The molecule has 0 saturated carbocycles. The Labute approximate surface area is 153 Å². The van der Waals surface area contributed by atoms with Gasteiger partial charge in [-0.25, -0.2) is 4.79 Å². The lowest BCUT2D eigenvalue weighted by atomic mass is 10.0. The minimum Gasteiger partial charge on any atom is -0.358 e. The molecule has 2 aliphatic rings. The molecule has 138 valence electrons. The van der Waals surface area contributed by atoms with Crippen LogP contribution in [0.3, 0.4) is 0 Å². The van der Waals surface area contributed by atoms with Crippen molar-refractivity contribution in [3.63, 3.8) is 0 Å². The number of hydrogen-bond acceptors (Lipinski definition) is 2. The van der Waals surface area contributed by atoms with Crippen LogP contribution in [0.1, 0.15) is 30.2 Å². The summed E-state index contributed by atoms with van der Waals surface area (Å²) in [7, 11) is 0. The van der Waals surface area contributed by atoms with Crippen molar-refractivity contribution in [3.05, 3.63) is 35.0 Å². The Kier molecular flexibility index (Phi) is 4.34. The van der Waals surface area contributed by atoms with E-state index < -0.39 is 0 Å². The van der Waals surface area contributed by atoms with Gasteiger partial charge >= 0.3 is 6.03 Å². The first-order chi connectivity index (χ1) is 12.6. The summed E-state index contributed by atoms with van der Waals surface area (Å²) < 4.78 is 0. The molecule has 1 saturated heterocycles. The number of amides is 3. The second-order valence-electron chi connectivity index (χ2n) is 7.44. The molecule has 0 radical (unpaired) electrons. The van der Waals surface area contributed by atoms with Crippen molar-refractivity contribution in [2.24, 2.45) is 5.92 Å². The van der Waals surface area contributed by atoms with Gasteiger partial charge in [-0.15, -0.1) is 0 Å². The molecule has 4 rings (SSSR count). The lowest BCUT2D eigenvalue weighted by Crippen LogP contribution is -2.44. The number of likely N-dealkylation sites (tertiary alicyclic amines) is 1. The second-order valence-corrected chi connectivity index (χ2v) is 7.44. The molecule has 0 spiro atoms. The number of para-hydroxylation sites is 1. The van der Waals surface area contributed by atoms with Gasteiger partial charge in [0.25, 0.3) is 0 Å². The minimum absolute atomic E-state index is 0.0277. The number of carbonyl (C=O) groups is 2. The summed E-state index contributed by atoms with van der Waals surface area (Å²) in [6, 6.07) is 6.28. The van der Waals surface area contributed by atoms with Gasteiger partial charge in [0.05, 0.1) is 0 Å². The number of aromatic nitrogens is 1. The number of aromatic amines is 1. The normalized spacial score (nSPS) is 19.9. The highest BCUT2D eigenvalue weighted by molar-refractivity contribution is 5.88. The molecule has 1 aromatic heterocycles. The Morgan fingerprint density at radius 1 is 1.38 bits per heavy atom. The van der Waals surface area contributed by atoms with Gasteiger partial charge in [0.1, 0.15) is 0 Å². The molecule has 0 bridgehead atoms. The average Bonchev–Trinajstić information content (AvgIpc) is 3.20. The summed E-state index contributed by atoms with van der Waals surface area (Å²) >= 11 is 0. The number of nitrogens with one attached hydrogen (secondary N) is 2. The van der Waals surface area contributed by atoms with Gasteiger partial charge in [-0.05, 0) is 19.4 Å². The van der Waals surface area contributed by atoms with Crippen LogP contribution in [0.15, 0.2) is 18.2 Å². The summed E-state index contributed by atoms with van der Waals surface area (Å²) in [5, 5.41) is 4.26. The highest BCUT2D eigenvalue weighted by Crippen LogP contribution is 2.29. The van der Waals surface area contributed by atoms with Gasteiger partial charge in [-0.1, -0.05) is 18.2 Å². The van der Waals surface area contributed by atoms with Crippen LogP contribution in [0.4, 0.5) is 4.79 Å². The molecule has 1 unspecified atom stereocenters. The smallest absolute Gasteiger partial charge is 0.317 e. The van der Waals surface area contributed by atoms with Crippen LogP contribution in [0.2, 0.25) is 0 Å². The van der Waals surface area contributed by atoms with Crippen molar-refractivity contribution in [3.8, 4) is 0 Å². The van der Waals surface area contributed by atoms with Crippen molar-refractivity contribution in [1.29, 1.82) is 0 Å². The summed E-state index contributed by atoms with van der Waals surface area (Å²) in [5.74, 6) is 0.422. The molecule has 26 heavy (non-hydrogen) atoms. The molecular formula is C20H26N4O2. The van der Waals surface area contributed by atoms with Crippen molar-refractivity contribution in [2.45, 2.75) is 33.2 Å². The number of urea groups is 1. The zero-order chi connectivity index (χ0) is 18.3. The van der Waals surface area contributed by atoms with Crippen LogP contribution < -0.4 is 5.32 Å². The topological polar surface area (TPSA) is 68.4 Å². The number of fused-ring (bicyclic) bond motifs is 3. The number of hydrogen-bond donors (Lipinski definition) is 2. The molecule has 1 aromatic carbocycles. The minimum atomic E-state index is -0.0277. The van der Waals surface area contributed by atoms with Crippen LogP contribution in [0.25, 0.3) is 10.9 Å². The lowest BCUT2D eigenvalue weighted by Gasteiger charge is -2.28. The van der Waals surface area contributed by atoms with E-state index in [1.54, 1.807) is 0 Å². The fourth-order valence-corrected chi connectivity index (χ4v) is 4.20. The molecule has 2 aliphatic heterocycles. The van der Waals surface area contributed by atoms with Gasteiger partial charge in [0.15, 0.2) is 0 Å². The molecule has 2 N–H and O–H groups in total. The van der Waals surface area contributed by atoms with E-state index in [2.05, 4.69) is 35.4 Å². The fourth-order valence-electron chi connectivity index (χ4n) is 4.20. The molecule has 1 atom stereocenters. The molecule has 0 aliphatic carbocycles. The first-order valence-corrected chi connectivity index (χ1v) is 9.46. The van der Waals surface area contributed by atoms with E-state index in [1.165, 1.54) is 27.7 Å². The predicted octanol–water partition coefficient (Wildman–Crippen LogP) is 2.41. The Morgan fingerprint density at radius 2 is 2.23 bits per heavy atom. The zero-order valence-electron chi connectivity index (χ0n) is 15.5. The van der Waals surface area contributed by atoms with Crippen molar-refractivity contribution in [2.75, 3.05) is 26.2 Å². The van der Waals surface area contributed by atoms with Crippen LogP contribution in [0.5, 0.6) is 0 Å². The first-order valence-electron chi connectivity index (χ1n) is 9.46. The molecule has 6 heteroatoms. The summed E-state index contributed by atoms with van der Waals surface area (Å²) in [6.07, 6.45) is 1.39. The predicted molar refractivity (Wildman–Crippen MR) is 101 cm³/mol. The highest BCUT2D eigenvalue weighted by atomic mass is 16.2. The third-order valence-corrected chi connectivity index (χ3v) is 5.72. The first kappa shape index (κ1) is 16.9. The summed E-state index contributed by atoms with van der Waals surface area (Å²) in [4.78, 5) is 31.7. The quantitative estimate of drug-likeness (QED) is 0.889. The Bertz CT molecular complexity index is 857. The van der Waals surface area contributed by atoms with Gasteiger partial charge in [0.2, 0.25) is 5.91 Å². The number of aryl methyl sites for hydroxylation is 1. The van der Waals surface area contributed by atoms with Gasteiger partial charge in [-0.2, -0.15) is 0 Å². The van der Waals surface area contributed by atoms with Crippen LogP contribution in [-0.2, 0) is 17.8 Å².